The fourth-order valence-electron chi connectivity index (χ4n) is 1.11. The van der Waals surface area contributed by atoms with E-state index in [4.69, 9.17) is 9.88 Å². The van der Waals surface area contributed by atoms with E-state index in [1.807, 2.05) is 0 Å². The molecule has 8 nitrogen and oxygen atoms in total. The summed E-state index contributed by atoms with van der Waals surface area (Å²) >= 11 is 0. The van der Waals surface area contributed by atoms with Crippen LogP contribution in [0.15, 0.2) is 11.1 Å². The third-order valence-electron chi connectivity index (χ3n) is 2.39. The van der Waals surface area contributed by atoms with Gasteiger partial charge in [-0.25, -0.2) is 13.6 Å². The van der Waals surface area contributed by atoms with Crippen molar-refractivity contribution >= 4 is 21.7 Å². The van der Waals surface area contributed by atoms with Crippen LogP contribution in [-0.4, -0.2) is 36.8 Å². The summed E-state index contributed by atoms with van der Waals surface area (Å²) < 4.78 is 28.8. The Morgan fingerprint density at radius 2 is 2.11 bits per heavy atom. The molecular weight excluding hydrogens is 260 g/mol. The summed E-state index contributed by atoms with van der Waals surface area (Å²) in [6.45, 7) is 3.09. The van der Waals surface area contributed by atoms with Gasteiger partial charge in [-0.15, -0.1) is 0 Å². The molecule has 9 heteroatoms. The van der Waals surface area contributed by atoms with Crippen molar-refractivity contribution in [2.75, 3.05) is 12.4 Å². The average molecular weight is 276 g/mol. The first-order chi connectivity index (χ1) is 8.08. The number of carbonyl (C=O) groups excluding carboxylic acids is 1. The van der Waals surface area contributed by atoms with Crippen molar-refractivity contribution in [3.05, 3.63) is 6.20 Å². The van der Waals surface area contributed by atoms with Crippen LogP contribution in [-0.2, 0) is 26.6 Å². The molecule has 0 bridgehead atoms. The van der Waals surface area contributed by atoms with Gasteiger partial charge in [-0.2, -0.15) is 5.10 Å². The number of nitrogens with zero attached hydrogens (tertiary/aromatic N) is 2. The van der Waals surface area contributed by atoms with E-state index >= 15 is 0 Å². The Morgan fingerprint density at radius 3 is 2.56 bits per heavy atom. The maximum Gasteiger partial charge on any atom is 0.257 e. The smallest absolute Gasteiger partial charge is 0.257 e. The molecule has 0 aliphatic carbocycles. The zero-order valence-corrected chi connectivity index (χ0v) is 11.4. The van der Waals surface area contributed by atoms with Crippen LogP contribution in [0.5, 0.6) is 0 Å². The van der Waals surface area contributed by atoms with Crippen LogP contribution < -0.4 is 10.5 Å². The van der Waals surface area contributed by atoms with E-state index in [0.29, 0.717) is 0 Å². The van der Waals surface area contributed by atoms with Crippen molar-refractivity contribution in [3.63, 3.8) is 0 Å². The largest absolute Gasteiger partial charge is 0.369 e. The monoisotopic (exact) mass is 276 g/mol. The number of primary sulfonamides is 1. The van der Waals surface area contributed by atoms with Crippen LogP contribution >= 0.6 is 0 Å². The number of sulfonamides is 1. The lowest BCUT2D eigenvalue weighted by Gasteiger charge is -2.21. The highest BCUT2D eigenvalue weighted by atomic mass is 32.2. The number of hydrogen-bond acceptors (Lipinski definition) is 5. The number of ether oxygens (including phenoxy) is 1. The molecule has 102 valence electrons. The molecule has 0 fully saturated rings. The third-order valence-corrected chi connectivity index (χ3v) is 3.30. The van der Waals surface area contributed by atoms with Gasteiger partial charge in [0.25, 0.3) is 5.91 Å². The fraction of sp³-hybridized carbons (Fsp3) is 0.556. The number of amides is 1. The highest BCUT2D eigenvalue weighted by Gasteiger charge is 2.29. The van der Waals surface area contributed by atoms with E-state index < -0.39 is 21.5 Å². The Kier molecular flexibility index (Phi) is 3.79. The lowest BCUT2D eigenvalue weighted by Crippen LogP contribution is -2.39. The molecule has 1 aromatic rings. The van der Waals surface area contributed by atoms with E-state index in [-0.39, 0.29) is 10.7 Å². The summed E-state index contributed by atoms with van der Waals surface area (Å²) in [4.78, 5) is 11.6. The topological polar surface area (TPSA) is 116 Å². The van der Waals surface area contributed by atoms with Crippen LogP contribution in [0, 0.1) is 0 Å². The van der Waals surface area contributed by atoms with Crippen molar-refractivity contribution in [3.8, 4) is 0 Å². The highest BCUT2D eigenvalue weighted by molar-refractivity contribution is 7.89. The van der Waals surface area contributed by atoms with Gasteiger partial charge in [0.15, 0.2) is 5.82 Å². The van der Waals surface area contributed by atoms with Gasteiger partial charge in [0.05, 0.1) is 0 Å². The number of aryl methyl sites for hydroxylation is 1. The van der Waals surface area contributed by atoms with Gasteiger partial charge >= 0.3 is 0 Å². The number of rotatable bonds is 4. The molecule has 0 spiro atoms. The summed E-state index contributed by atoms with van der Waals surface area (Å²) in [5, 5.41) is 11.2. The standard InChI is InChI=1S/C9H16N4O4S/c1-9(2,17-4)8(14)11-7-6(18(10,15)16)5-13(3)12-7/h5H,1-4H3,(H2,10,15,16)(H,11,12,14). The number of carbonyl (C=O) groups is 1. The Bertz CT molecular complexity index is 561. The van der Waals surface area contributed by atoms with Crippen molar-refractivity contribution < 1.29 is 17.9 Å². The normalized spacial score (nSPS) is 12.5. The predicted molar refractivity (Wildman–Crippen MR) is 64.3 cm³/mol. The van der Waals surface area contributed by atoms with Gasteiger partial charge in [0.1, 0.15) is 10.5 Å². The molecule has 0 saturated carbocycles. The second-order valence-electron chi connectivity index (χ2n) is 4.23. The van der Waals surface area contributed by atoms with Crippen molar-refractivity contribution in [1.82, 2.24) is 9.78 Å². The summed E-state index contributed by atoms with van der Waals surface area (Å²) in [7, 11) is -1.06. The van der Waals surface area contributed by atoms with E-state index in [2.05, 4.69) is 10.4 Å². The Hall–Kier alpha value is -1.45. The Morgan fingerprint density at radius 1 is 1.56 bits per heavy atom. The fourth-order valence-corrected chi connectivity index (χ4v) is 1.77. The minimum Gasteiger partial charge on any atom is -0.369 e. The van der Waals surface area contributed by atoms with Crippen LogP contribution in [0.2, 0.25) is 0 Å². The molecule has 0 saturated heterocycles. The average Bonchev–Trinajstić information content (AvgIpc) is 2.59. The molecule has 0 atom stereocenters. The number of hydrogen-bond donors (Lipinski definition) is 2. The molecule has 1 heterocycles. The minimum absolute atomic E-state index is 0.116. The van der Waals surface area contributed by atoms with Crippen LogP contribution in [0.25, 0.3) is 0 Å². The molecule has 1 rings (SSSR count). The lowest BCUT2D eigenvalue weighted by atomic mass is 10.1. The zero-order valence-electron chi connectivity index (χ0n) is 10.6. The van der Waals surface area contributed by atoms with Gasteiger partial charge in [0.2, 0.25) is 10.0 Å². The summed E-state index contributed by atoms with van der Waals surface area (Å²) in [6, 6.07) is 0. The number of aromatic nitrogens is 2. The molecule has 0 aliphatic rings. The zero-order chi connectivity index (χ0) is 14.1. The predicted octanol–water partition coefficient (Wildman–Crippen LogP) is -0.569. The second kappa shape index (κ2) is 4.67. The number of nitrogens with one attached hydrogen (secondary N) is 1. The van der Waals surface area contributed by atoms with Gasteiger partial charge in [0, 0.05) is 20.4 Å². The number of methoxy groups -OCH3 is 1. The van der Waals surface area contributed by atoms with Crippen molar-refractivity contribution in [2.24, 2.45) is 12.2 Å². The lowest BCUT2D eigenvalue weighted by molar-refractivity contribution is -0.133. The van der Waals surface area contributed by atoms with Crippen LogP contribution in [0.4, 0.5) is 5.82 Å². The van der Waals surface area contributed by atoms with Crippen molar-refractivity contribution in [1.29, 1.82) is 0 Å². The van der Waals surface area contributed by atoms with Crippen molar-refractivity contribution in [2.45, 2.75) is 24.3 Å². The number of nitrogens with two attached hydrogens (primary N) is 1. The molecule has 3 N–H and O–H groups in total. The second-order valence-corrected chi connectivity index (χ2v) is 5.76. The van der Waals surface area contributed by atoms with Crippen LogP contribution in [0.3, 0.4) is 0 Å². The maximum absolute atomic E-state index is 11.8. The van der Waals surface area contributed by atoms with Gasteiger partial charge in [-0.3, -0.25) is 9.48 Å². The van der Waals surface area contributed by atoms with E-state index in [0.717, 1.165) is 0 Å². The molecule has 0 radical (unpaired) electrons. The number of anilines is 1. The van der Waals surface area contributed by atoms with Crippen LogP contribution in [0.1, 0.15) is 13.8 Å². The Balaban J connectivity index is 3.10. The Labute approximate surface area is 105 Å². The molecule has 0 aromatic carbocycles. The first-order valence-electron chi connectivity index (χ1n) is 5.01. The van der Waals surface area contributed by atoms with Gasteiger partial charge in [-0.05, 0) is 13.8 Å². The SMILES string of the molecule is COC(C)(C)C(=O)Nc1nn(C)cc1S(N)(=O)=O. The summed E-state index contributed by atoms with van der Waals surface area (Å²) in [5.74, 6) is -0.635. The molecule has 1 amide bonds. The minimum atomic E-state index is -3.95. The first-order valence-corrected chi connectivity index (χ1v) is 6.55. The van der Waals surface area contributed by atoms with E-state index in [1.54, 1.807) is 13.8 Å². The van der Waals surface area contributed by atoms with Gasteiger partial charge < -0.3 is 10.1 Å². The quantitative estimate of drug-likeness (QED) is 0.764. The van der Waals surface area contributed by atoms with E-state index in [9.17, 15) is 13.2 Å². The highest BCUT2D eigenvalue weighted by Crippen LogP contribution is 2.19. The van der Waals surface area contributed by atoms with E-state index in [1.165, 1.54) is 25.0 Å². The summed E-state index contributed by atoms with van der Waals surface area (Å²) in [6.07, 6.45) is 1.21. The van der Waals surface area contributed by atoms with Gasteiger partial charge in [-0.1, -0.05) is 0 Å². The molecule has 0 unspecified atom stereocenters. The molecule has 0 aliphatic heterocycles. The molecular formula is C9H16N4O4S. The molecule has 1 aromatic heterocycles. The first kappa shape index (κ1) is 14.6. The summed E-state index contributed by atoms with van der Waals surface area (Å²) in [5.41, 5.74) is -1.10. The molecule has 18 heavy (non-hydrogen) atoms. The maximum atomic E-state index is 11.8. The third kappa shape index (κ3) is 3.06.